The second-order valence-corrected chi connectivity index (χ2v) is 5.01. The summed E-state index contributed by atoms with van der Waals surface area (Å²) in [6, 6.07) is 17.1. The maximum absolute atomic E-state index is 13.9. The lowest BCUT2D eigenvalue weighted by molar-refractivity contribution is 0.0601. The first-order valence-corrected chi connectivity index (χ1v) is 6.96. The van der Waals surface area contributed by atoms with Gasteiger partial charge in [-0.15, -0.1) is 0 Å². The number of rotatable bonds is 2. The van der Waals surface area contributed by atoms with Crippen molar-refractivity contribution in [3.05, 3.63) is 71.5 Å². The third kappa shape index (κ3) is 2.53. The van der Waals surface area contributed by atoms with Gasteiger partial charge in [-0.25, -0.2) is 9.18 Å². The van der Waals surface area contributed by atoms with Crippen molar-refractivity contribution in [2.45, 2.75) is 0 Å². The van der Waals surface area contributed by atoms with Crippen LogP contribution in [0.4, 0.5) is 4.39 Å². The first-order valence-electron chi connectivity index (χ1n) is 6.96. The minimum atomic E-state index is -0.564. The van der Waals surface area contributed by atoms with Crippen LogP contribution in [0.5, 0.6) is 0 Å². The fraction of sp³-hybridized carbons (Fsp3) is 0.0526. The molecule has 112 valence electrons. The molecule has 3 nitrogen and oxygen atoms in total. The van der Waals surface area contributed by atoms with E-state index in [9.17, 15) is 14.4 Å². The van der Waals surface area contributed by atoms with Gasteiger partial charge < -0.3 is 4.74 Å². The molecule has 0 aliphatic rings. The second kappa shape index (κ2) is 5.90. The van der Waals surface area contributed by atoms with E-state index in [0.29, 0.717) is 16.7 Å². The van der Waals surface area contributed by atoms with Gasteiger partial charge in [0.15, 0.2) is 0 Å². The van der Waals surface area contributed by atoms with Gasteiger partial charge in [0.05, 0.1) is 18.2 Å². The number of nitriles is 1. The molecule has 0 unspecified atom stereocenters. The Morgan fingerprint density at radius 3 is 2.57 bits per heavy atom. The Balaban J connectivity index is 2.32. The summed E-state index contributed by atoms with van der Waals surface area (Å²) in [5.41, 5.74) is 1.59. The maximum atomic E-state index is 13.9. The van der Waals surface area contributed by atoms with Gasteiger partial charge in [0.2, 0.25) is 0 Å². The Morgan fingerprint density at radius 2 is 1.83 bits per heavy atom. The first-order chi connectivity index (χ1) is 11.2. The van der Waals surface area contributed by atoms with Crippen molar-refractivity contribution in [2.24, 2.45) is 0 Å². The van der Waals surface area contributed by atoms with Crippen LogP contribution in [0, 0.1) is 17.1 Å². The SMILES string of the molecule is COC(=O)c1ccc2cccc(-c3cccc(F)c3C#N)c2c1. The molecule has 3 aromatic carbocycles. The Kier molecular flexibility index (Phi) is 3.78. The third-order valence-corrected chi connectivity index (χ3v) is 3.72. The molecule has 3 aromatic rings. The van der Waals surface area contributed by atoms with Crippen LogP contribution in [0.3, 0.4) is 0 Å². The van der Waals surface area contributed by atoms with Crippen molar-refractivity contribution < 1.29 is 13.9 Å². The molecular formula is C19H12FNO2. The highest BCUT2D eigenvalue weighted by atomic mass is 19.1. The van der Waals surface area contributed by atoms with Crippen LogP contribution >= 0.6 is 0 Å². The van der Waals surface area contributed by atoms with Crippen molar-refractivity contribution in [3.8, 4) is 17.2 Å². The Bertz CT molecular complexity index is 957. The van der Waals surface area contributed by atoms with Crippen molar-refractivity contribution in [3.63, 3.8) is 0 Å². The topological polar surface area (TPSA) is 50.1 Å². The number of carbonyl (C=O) groups is 1. The summed E-state index contributed by atoms with van der Waals surface area (Å²) in [4.78, 5) is 11.7. The number of carbonyl (C=O) groups excluding carboxylic acids is 1. The summed E-state index contributed by atoms with van der Waals surface area (Å²) >= 11 is 0. The van der Waals surface area contributed by atoms with Gasteiger partial charge in [0, 0.05) is 5.56 Å². The molecule has 0 saturated carbocycles. The van der Waals surface area contributed by atoms with E-state index >= 15 is 0 Å². The van der Waals surface area contributed by atoms with E-state index in [4.69, 9.17) is 4.74 Å². The molecule has 4 heteroatoms. The lowest BCUT2D eigenvalue weighted by Crippen LogP contribution is -2.00. The van der Waals surface area contributed by atoms with Gasteiger partial charge in [0.1, 0.15) is 11.9 Å². The molecule has 3 rings (SSSR count). The van der Waals surface area contributed by atoms with Crippen LogP contribution in [0.25, 0.3) is 21.9 Å². The van der Waals surface area contributed by atoms with E-state index in [-0.39, 0.29) is 5.56 Å². The van der Waals surface area contributed by atoms with E-state index in [1.165, 1.54) is 13.2 Å². The van der Waals surface area contributed by atoms with Gasteiger partial charge in [-0.1, -0.05) is 36.4 Å². The lowest BCUT2D eigenvalue weighted by atomic mass is 9.94. The van der Waals surface area contributed by atoms with Gasteiger partial charge in [0.25, 0.3) is 0 Å². The van der Waals surface area contributed by atoms with E-state index in [1.807, 2.05) is 18.2 Å². The molecule has 23 heavy (non-hydrogen) atoms. The summed E-state index contributed by atoms with van der Waals surface area (Å²) in [6.07, 6.45) is 0. The highest BCUT2D eigenvalue weighted by molar-refractivity contribution is 6.02. The zero-order chi connectivity index (χ0) is 16.4. The van der Waals surface area contributed by atoms with Crippen molar-refractivity contribution in [2.75, 3.05) is 7.11 Å². The number of hydrogen-bond acceptors (Lipinski definition) is 3. The standard InChI is InChI=1S/C19H12FNO2/c1-23-19(22)13-9-8-12-4-2-5-14(16(12)10-13)15-6-3-7-18(20)17(15)11-21/h2-10H,1H3. The first kappa shape index (κ1) is 14.7. The quantitative estimate of drug-likeness (QED) is 0.663. The third-order valence-electron chi connectivity index (χ3n) is 3.72. The number of esters is 1. The van der Waals surface area contributed by atoms with Crippen molar-refractivity contribution in [1.29, 1.82) is 5.26 Å². The Labute approximate surface area is 132 Å². The minimum absolute atomic E-state index is 0.0107. The largest absolute Gasteiger partial charge is 0.465 e. The fourth-order valence-electron chi connectivity index (χ4n) is 2.61. The molecule has 0 atom stereocenters. The molecule has 0 aliphatic carbocycles. The smallest absolute Gasteiger partial charge is 0.337 e. The van der Waals surface area contributed by atoms with Gasteiger partial charge in [-0.3, -0.25) is 0 Å². The highest BCUT2D eigenvalue weighted by Crippen LogP contribution is 2.32. The summed E-state index contributed by atoms with van der Waals surface area (Å²) in [5.74, 6) is -1.01. The van der Waals surface area contributed by atoms with Crippen LogP contribution in [0.15, 0.2) is 54.6 Å². The number of benzene rings is 3. The summed E-state index contributed by atoms with van der Waals surface area (Å²) in [5, 5.41) is 10.9. The normalized spacial score (nSPS) is 10.3. The molecule has 0 aliphatic heterocycles. The Hall–Kier alpha value is -3.19. The van der Waals surface area contributed by atoms with Crippen LogP contribution in [-0.2, 0) is 4.74 Å². The number of methoxy groups -OCH3 is 1. The fourth-order valence-corrected chi connectivity index (χ4v) is 2.61. The molecule has 0 bridgehead atoms. The van der Waals surface area contributed by atoms with Crippen molar-refractivity contribution in [1.82, 2.24) is 0 Å². The molecule has 0 amide bonds. The molecule has 0 saturated heterocycles. The van der Waals surface area contributed by atoms with Crippen LogP contribution < -0.4 is 0 Å². The number of hydrogen-bond donors (Lipinski definition) is 0. The minimum Gasteiger partial charge on any atom is -0.465 e. The molecule has 0 spiro atoms. The molecule has 0 N–H and O–H groups in total. The molecule has 0 aromatic heterocycles. The van der Waals surface area contributed by atoms with Crippen LogP contribution in [0.1, 0.15) is 15.9 Å². The predicted octanol–water partition coefficient (Wildman–Crippen LogP) is 4.30. The highest BCUT2D eigenvalue weighted by Gasteiger charge is 2.14. The zero-order valence-corrected chi connectivity index (χ0v) is 12.3. The monoisotopic (exact) mass is 305 g/mol. The van der Waals surface area contributed by atoms with Crippen LogP contribution in [0.2, 0.25) is 0 Å². The van der Waals surface area contributed by atoms with E-state index < -0.39 is 11.8 Å². The molecule has 0 heterocycles. The molecular weight excluding hydrogens is 293 g/mol. The second-order valence-electron chi connectivity index (χ2n) is 5.01. The summed E-state index contributed by atoms with van der Waals surface area (Å²) < 4.78 is 18.6. The Morgan fingerprint density at radius 1 is 1.09 bits per heavy atom. The van der Waals surface area contributed by atoms with Crippen molar-refractivity contribution >= 4 is 16.7 Å². The van der Waals surface area contributed by atoms with Gasteiger partial charge >= 0.3 is 5.97 Å². The van der Waals surface area contributed by atoms with Crippen LogP contribution in [-0.4, -0.2) is 13.1 Å². The van der Waals surface area contributed by atoms with E-state index in [1.54, 1.807) is 36.4 Å². The summed E-state index contributed by atoms with van der Waals surface area (Å²) in [6.45, 7) is 0. The van der Waals surface area contributed by atoms with E-state index in [2.05, 4.69) is 0 Å². The number of halogens is 1. The number of ether oxygens (including phenoxy) is 1. The summed E-state index contributed by atoms with van der Waals surface area (Å²) in [7, 11) is 1.32. The molecule has 0 radical (unpaired) electrons. The van der Waals surface area contributed by atoms with E-state index in [0.717, 1.165) is 10.8 Å². The molecule has 0 fully saturated rings. The number of nitrogens with zero attached hydrogens (tertiary/aromatic N) is 1. The maximum Gasteiger partial charge on any atom is 0.337 e. The number of fused-ring (bicyclic) bond motifs is 1. The average Bonchev–Trinajstić information content (AvgIpc) is 2.59. The zero-order valence-electron chi connectivity index (χ0n) is 12.3. The predicted molar refractivity (Wildman–Crippen MR) is 85.4 cm³/mol. The lowest BCUT2D eigenvalue weighted by Gasteiger charge is -2.10. The van der Waals surface area contributed by atoms with Gasteiger partial charge in [-0.05, 0) is 34.5 Å². The average molecular weight is 305 g/mol. The van der Waals surface area contributed by atoms with Gasteiger partial charge in [-0.2, -0.15) is 5.26 Å².